The lowest BCUT2D eigenvalue weighted by molar-refractivity contribution is 0.103. The summed E-state index contributed by atoms with van der Waals surface area (Å²) >= 11 is 0. The van der Waals surface area contributed by atoms with Crippen LogP contribution in [-0.2, 0) is 0 Å². The molecule has 0 radical (unpaired) electrons. The highest BCUT2D eigenvalue weighted by Gasteiger charge is 2.21. The number of para-hydroxylation sites is 2. The van der Waals surface area contributed by atoms with Crippen molar-refractivity contribution in [2.24, 2.45) is 0 Å². The molecule has 0 bridgehead atoms. The zero-order chi connectivity index (χ0) is 18.8. The molecule has 0 saturated heterocycles. The van der Waals surface area contributed by atoms with Gasteiger partial charge in [-0.05, 0) is 62.1 Å². The van der Waals surface area contributed by atoms with Crippen LogP contribution in [0.15, 0.2) is 54.6 Å². The van der Waals surface area contributed by atoms with E-state index in [0.29, 0.717) is 11.3 Å². The summed E-state index contributed by atoms with van der Waals surface area (Å²) in [5.74, 6) is 0.0672. The fraction of sp³-hybridized carbons (Fsp3) is 0.174. The predicted octanol–water partition coefficient (Wildman–Crippen LogP) is 5.48. The average Bonchev–Trinajstić information content (AvgIpc) is 2.66. The largest absolute Gasteiger partial charge is 0.397 e. The quantitative estimate of drug-likeness (QED) is 0.487. The Morgan fingerprint density at radius 2 is 1.31 bits per heavy atom. The minimum absolute atomic E-state index is 0.0672. The Balaban J connectivity index is 2.11. The van der Waals surface area contributed by atoms with Crippen LogP contribution in [0.1, 0.15) is 38.2 Å². The zero-order valence-electron chi connectivity index (χ0n) is 15.7. The van der Waals surface area contributed by atoms with Gasteiger partial charge >= 0.3 is 0 Å². The highest BCUT2D eigenvalue weighted by molar-refractivity contribution is 6.11. The molecular formula is C23H24N2O. The number of rotatable bonds is 4. The first-order valence-corrected chi connectivity index (χ1v) is 8.73. The van der Waals surface area contributed by atoms with Crippen LogP contribution in [0.3, 0.4) is 0 Å². The van der Waals surface area contributed by atoms with Gasteiger partial charge in [0.05, 0.1) is 11.4 Å². The molecule has 0 spiro atoms. The van der Waals surface area contributed by atoms with Crippen LogP contribution in [0.4, 0.5) is 17.1 Å². The van der Waals surface area contributed by atoms with Gasteiger partial charge in [0.15, 0.2) is 5.78 Å². The van der Waals surface area contributed by atoms with Gasteiger partial charge in [0.1, 0.15) is 0 Å². The molecule has 0 unspecified atom stereocenters. The zero-order valence-corrected chi connectivity index (χ0v) is 15.7. The lowest BCUT2D eigenvalue weighted by Gasteiger charge is -2.21. The molecular weight excluding hydrogens is 320 g/mol. The van der Waals surface area contributed by atoms with E-state index >= 15 is 0 Å². The summed E-state index contributed by atoms with van der Waals surface area (Å²) in [6.07, 6.45) is 0. The van der Waals surface area contributed by atoms with Gasteiger partial charge in [0.25, 0.3) is 0 Å². The second-order valence-electron chi connectivity index (χ2n) is 6.66. The van der Waals surface area contributed by atoms with Crippen molar-refractivity contribution in [3.63, 3.8) is 0 Å². The summed E-state index contributed by atoms with van der Waals surface area (Å²) in [7, 11) is 0. The van der Waals surface area contributed by atoms with Crippen LogP contribution in [-0.4, -0.2) is 5.78 Å². The molecule has 0 atom stereocenters. The minimum atomic E-state index is 0.0672. The van der Waals surface area contributed by atoms with E-state index in [-0.39, 0.29) is 5.78 Å². The van der Waals surface area contributed by atoms with Crippen molar-refractivity contribution >= 4 is 22.8 Å². The molecule has 3 aromatic carbocycles. The van der Waals surface area contributed by atoms with Crippen molar-refractivity contribution in [3.05, 3.63) is 88.0 Å². The van der Waals surface area contributed by atoms with Crippen molar-refractivity contribution in [2.45, 2.75) is 27.7 Å². The molecule has 0 aliphatic carbocycles. The van der Waals surface area contributed by atoms with Gasteiger partial charge in [-0.3, -0.25) is 4.79 Å². The third-order valence-electron chi connectivity index (χ3n) is 5.11. The van der Waals surface area contributed by atoms with Crippen molar-refractivity contribution in [1.82, 2.24) is 0 Å². The molecule has 0 aromatic heterocycles. The lowest BCUT2D eigenvalue weighted by Crippen LogP contribution is -2.11. The van der Waals surface area contributed by atoms with Crippen molar-refractivity contribution in [3.8, 4) is 0 Å². The normalized spacial score (nSPS) is 10.6. The number of carbonyl (C=O) groups excluding carboxylic acids is 1. The van der Waals surface area contributed by atoms with Gasteiger partial charge < -0.3 is 11.1 Å². The Hall–Kier alpha value is -3.07. The fourth-order valence-electron chi connectivity index (χ4n) is 3.32. The van der Waals surface area contributed by atoms with Gasteiger partial charge in [-0.1, -0.05) is 42.5 Å². The smallest absolute Gasteiger partial charge is 0.193 e. The van der Waals surface area contributed by atoms with E-state index in [1.807, 2.05) is 82.3 Å². The first kappa shape index (κ1) is 17.7. The molecule has 0 aliphatic heterocycles. The molecule has 0 heterocycles. The summed E-state index contributed by atoms with van der Waals surface area (Å²) in [5.41, 5.74) is 14.3. The SMILES string of the molecule is Cc1c(C)c(C(=O)c2ccccc2)c(C)c(C)c1Nc1ccccc1N. The monoisotopic (exact) mass is 344 g/mol. The van der Waals surface area contributed by atoms with Gasteiger partial charge in [0, 0.05) is 16.8 Å². The Bertz CT molecular complexity index is 946. The number of hydrogen-bond donors (Lipinski definition) is 2. The second-order valence-corrected chi connectivity index (χ2v) is 6.66. The van der Waals surface area contributed by atoms with E-state index in [0.717, 1.165) is 39.2 Å². The highest BCUT2D eigenvalue weighted by atomic mass is 16.1. The number of carbonyl (C=O) groups is 1. The number of nitrogen functional groups attached to an aromatic ring is 1. The number of anilines is 3. The van der Waals surface area contributed by atoms with Gasteiger partial charge in [-0.25, -0.2) is 0 Å². The molecule has 26 heavy (non-hydrogen) atoms. The van der Waals surface area contributed by atoms with Crippen LogP contribution >= 0.6 is 0 Å². The summed E-state index contributed by atoms with van der Waals surface area (Å²) in [6.45, 7) is 8.12. The van der Waals surface area contributed by atoms with Crippen LogP contribution in [0.2, 0.25) is 0 Å². The average molecular weight is 344 g/mol. The number of benzene rings is 3. The molecule has 132 valence electrons. The molecule has 0 saturated carbocycles. The maximum Gasteiger partial charge on any atom is 0.193 e. The van der Waals surface area contributed by atoms with Gasteiger partial charge in [-0.2, -0.15) is 0 Å². The predicted molar refractivity (Wildman–Crippen MR) is 109 cm³/mol. The van der Waals surface area contributed by atoms with E-state index in [9.17, 15) is 4.79 Å². The van der Waals surface area contributed by atoms with E-state index < -0.39 is 0 Å². The minimum Gasteiger partial charge on any atom is -0.397 e. The molecule has 0 fully saturated rings. The van der Waals surface area contributed by atoms with E-state index in [1.54, 1.807) is 0 Å². The van der Waals surface area contributed by atoms with E-state index in [1.165, 1.54) is 0 Å². The molecule has 3 nitrogen and oxygen atoms in total. The standard InChI is InChI=1S/C23H24N2O/c1-14-16(3)22(25-20-13-9-8-12-19(20)24)17(4)15(2)21(14)23(26)18-10-6-5-7-11-18/h5-13,25H,24H2,1-4H3. The Morgan fingerprint density at radius 1 is 0.769 bits per heavy atom. The molecule has 0 amide bonds. The summed E-state index contributed by atoms with van der Waals surface area (Å²) in [5, 5.41) is 3.46. The molecule has 3 aromatic rings. The third kappa shape index (κ3) is 3.08. The van der Waals surface area contributed by atoms with Crippen molar-refractivity contribution in [2.75, 3.05) is 11.1 Å². The number of hydrogen-bond acceptors (Lipinski definition) is 3. The van der Waals surface area contributed by atoms with Gasteiger partial charge in [0.2, 0.25) is 0 Å². The first-order valence-electron chi connectivity index (χ1n) is 8.73. The van der Waals surface area contributed by atoms with Crippen LogP contribution in [0, 0.1) is 27.7 Å². The maximum atomic E-state index is 13.1. The first-order chi connectivity index (χ1) is 12.4. The molecule has 3 heteroatoms. The topological polar surface area (TPSA) is 55.1 Å². The van der Waals surface area contributed by atoms with Crippen molar-refractivity contribution < 1.29 is 4.79 Å². The van der Waals surface area contributed by atoms with Crippen LogP contribution in [0.25, 0.3) is 0 Å². The summed E-state index contributed by atoms with van der Waals surface area (Å²) in [6, 6.07) is 17.1. The third-order valence-corrected chi connectivity index (χ3v) is 5.11. The van der Waals surface area contributed by atoms with Crippen molar-refractivity contribution in [1.29, 1.82) is 0 Å². The van der Waals surface area contributed by atoms with Crippen LogP contribution in [0.5, 0.6) is 0 Å². The van der Waals surface area contributed by atoms with Gasteiger partial charge in [-0.15, -0.1) is 0 Å². The number of nitrogens with one attached hydrogen (secondary N) is 1. The number of ketones is 1. The molecule has 3 N–H and O–H groups in total. The Labute approximate surface area is 154 Å². The Morgan fingerprint density at radius 3 is 1.88 bits per heavy atom. The summed E-state index contributed by atoms with van der Waals surface area (Å²) < 4.78 is 0. The Kier molecular flexibility index (Phi) is 4.81. The van der Waals surface area contributed by atoms with Crippen LogP contribution < -0.4 is 11.1 Å². The van der Waals surface area contributed by atoms with E-state index in [4.69, 9.17) is 5.73 Å². The fourth-order valence-corrected chi connectivity index (χ4v) is 3.32. The summed E-state index contributed by atoms with van der Waals surface area (Å²) in [4.78, 5) is 13.1. The lowest BCUT2D eigenvalue weighted by atomic mass is 9.87. The molecule has 3 rings (SSSR count). The number of nitrogens with two attached hydrogens (primary N) is 1. The highest BCUT2D eigenvalue weighted by Crippen LogP contribution is 2.35. The van der Waals surface area contributed by atoms with E-state index in [2.05, 4.69) is 5.32 Å². The second kappa shape index (κ2) is 7.04. The molecule has 0 aliphatic rings. The maximum absolute atomic E-state index is 13.1.